The number of carbonyl (C=O) groups excluding carboxylic acids is 1. The number of hydrogen-bond donors (Lipinski definition) is 1. The summed E-state index contributed by atoms with van der Waals surface area (Å²) in [6.45, 7) is 0.385. The summed E-state index contributed by atoms with van der Waals surface area (Å²) in [5.41, 5.74) is 3.31. The summed E-state index contributed by atoms with van der Waals surface area (Å²) in [7, 11) is 3.06. The summed E-state index contributed by atoms with van der Waals surface area (Å²) < 4.78 is 12.1. The minimum Gasteiger partial charge on any atom is -0.493 e. The van der Waals surface area contributed by atoms with Crippen LogP contribution in [0.2, 0.25) is 0 Å². The van der Waals surface area contributed by atoms with Crippen LogP contribution in [0.1, 0.15) is 12.8 Å². The Morgan fingerprint density at radius 1 is 0.939 bits per heavy atom. The predicted molar refractivity (Wildman–Crippen MR) is 129 cm³/mol. The molecule has 4 rings (SSSR count). The molecule has 0 bridgehead atoms. The number of aromatic nitrogens is 2. The molecule has 0 saturated carbocycles. The van der Waals surface area contributed by atoms with E-state index in [2.05, 4.69) is 10.3 Å². The SMILES string of the molecule is COc1cc2ncn(CCCC(=O)Nc3ccc(-c4ccccc4)cc3)c(=O)c2cc1OC. The number of anilines is 1. The van der Waals surface area contributed by atoms with E-state index in [9.17, 15) is 9.59 Å². The summed E-state index contributed by atoms with van der Waals surface area (Å²) in [4.78, 5) is 29.6. The number of nitrogens with one attached hydrogen (secondary N) is 1. The molecule has 0 unspecified atom stereocenters. The predicted octanol–water partition coefficient (Wildman–Crippen LogP) is 4.50. The largest absolute Gasteiger partial charge is 0.493 e. The van der Waals surface area contributed by atoms with Crippen LogP contribution in [0, 0.1) is 0 Å². The quantitative estimate of drug-likeness (QED) is 0.434. The van der Waals surface area contributed by atoms with Gasteiger partial charge in [0.15, 0.2) is 11.5 Å². The van der Waals surface area contributed by atoms with Crippen molar-refractivity contribution in [1.29, 1.82) is 0 Å². The lowest BCUT2D eigenvalue weighted by atomic mass is 10.1. The lowest BCUT2D eigenvalue weighted by Crippen LogP contribution is -2.22. The molecule has 0 aliphatic rings. The fraction of sp³-hybridized carbons (Fsp3) is 0.192. The molecule has 0 fully saturated rings. The fourth-order valence-electron chi connectivity index (χ4n) is 3.65. The third-order valence-electron chi connectivity index (χ3n) is 5.41. The number of benzene rings is 3. The average Bonchev–Trinajstić information content (AvgIpc) is 2.85. The molecule has 4 aromatic rings. The van der Waals surface area contributed by atoms with E-state index in [1.165, 1.54) is 25.1 Å². The first kappa shape index (κ1) is 22.1. The Kier molecular flexibility index (Phi) is 6.69. The van der Waals surface area contributed by atoms with Gasteiger partial charge in [0, 0.05) is 24.7 Å². The van der Waals surface area contributed by atoms with Gasteiger partial charge in [-0.2, -0.15) is 0 Å². The summed E-state index contributed by atoms with van der Waals surface area (Å²) in [6.07, 6.45) is 2.29. The van der Waals surface area contributed by atoms with E-state index in [0.29, 0.717) is 35.4 Å². The van der Waals surface area contributed by atoms with E-state index >= 15 is 0 Å². The maximum atomic E-state index is 12.8. The van der Waals surface area contributed by atoms with Crippen molar-refractivity contribution in [2.24, 2.45) is 0 Å². The van der Waals surface area contributed by atoms with Gasteiger partial charge >= 0.3 is 0 Å². The minimum absolute atomic E-state index is 0.101. The van der Waals surface area contributed by atoms with Crippen molar-refractivity contribution in [3.05, 3.63) is 83.4 Å². The van der Waals surface area contributed by atoms with E-state index in [1.54, 1.807) is 12.1 Å². The molecule has 7 nitrogen and oxygen atoms in total. The van der Waals surface area contributed by atoms with Crippen molar-refractivity contribution in [2.75, 3.05) is 19.5 Å². The number of amides is 1. The molecule has 0 aliphatic heterocycles. The zero-order chi connectivity index (χ0) is 23.2. The van der Waals surface area contributed by atoms with Gasteiger partial charge < -0.3 is 14.8 Å². The Hall–Kier alpha value is -4.13. The fourth-order valence-corrected chi connectivity index (χ4v) is 3.65. The van der Waals surface area contributed by atoms with Crippen LogP contribution in [0.5, 0.6) is 11.5 Å². The monoisotopic (exact) mass is 443 g/mol. The molecular formula is C26H25N3O4. The van der Waals surface area contributed by atoms with Crippen molar-refractivity contribution >= 4 is 22.5 Å². The molecule has 0 atom stereocenters. The van der Waals surface area contributed by atoms with Gasteiger partial charge in [-0.05, 0) is 35.7 Å². The van der Waals surface area contributed by atoms with Crippen LogP contribution in [-0.4, -0.2) is 29.7 Å². The number of nitrogens with zero attached hydrogens (tertiary/aromatic N) is 2. The molecule has 3 aromatic carbocycles. The van der Waals surface area contributed by atoms with Gasteiger partial charge in [0.05, 0.1) is 31.4 Å². The van der Waals surface area contributed by atoms with Crippen LogP contribution >= 0.6 is 0 Å². The van der Waals surface area contributed by atoms with Crippen molar-refractivity contribution in [2.45, 2.75) is 19.4 Å². The van der Waals surface area contributed by atoms with Crippen LogP contribution < -0.4 is 20.3 Å². The number of methoxy groups -OCH3 is 2. The molecule has 7 heteroatoms. The highest BCUT2D eigenvalue weighted by atomic mass is 16.5. The maximum Gasteiger partial charge on any atom is 0.261 e. The molecule has 1 amide bonds. The molecule has 1 aromatic heterocycles. The number of hydrogen-bond acceptors (Lipinski definition) is 5. The van der Waals surface area contributed by atoms with Gasteiger partial charge in [-0.3, -0.25) is 14.2 Å². The molecular weight excluding hydrogens is 418 g/mol. The number of aryl methyl sites for hydroxylation is 1. The Morgan fingerprint density at radius 3 is 2.30 bits per heavy atom. The van der Waals surface area contributed by atoms with Gasteiger partial charge in [-0.1, -0.05) is 42.5 Å². The van der Waals surface area contributed by atoms with E-state index in [4.69, 9.17) is 9.47 Å². The molecule has 1 N–H and O–H groups in total. The molecule has 1 heterocycles. The Bertz CT molecular complexity index is 1320. The molecule has 0 saturated heterocycles. The summed E-state index contributed by atoms with van der Waals surface area (Å²) in [5.74, 6) is 0.887. The van der Waals surface area contributed by atoms with Crippen molar-refractivity contribution in [3.8, 4) is 22.6 Å². The van der Waals surface area contributed by atoms with Crippen LogP contribution in [0.3, 0.4) is 0 Å². The lowest BCUT2D eigenvalue weighted by molar-refractivity contribution is -0.116. The number of ether oxygens (including phenoxy) is 2. The van der Waals surface area contributed by atoms with E-state index < -0.39 is 0 Å². The highest BCUT2D eigenvalue weighted by Crippen LogP contribution is 2.29. The highest BCUT2D eigenvalue weighted by molar-refractivity contribution is 5.91. The summed E-state index contributed by atoms with van der Waals surface area (Å²) >= 11 is 0. The van der Waals surface area contributed by atoms with Gasteiger partial charge in [0.25, 0.3) is 5.56 Å². The average molecular weight is 444 g/mol. The van der Waals surface area contributed by atoms with E-state index in [0.717, 1.165) is 16.8 Å². The smallest absolute Gasteiger partial charge is 0.261 e. The second-order valence-electron chi connectivity index (χ2n) is 7.56. The second-order valence-corrected chi connectivity index (χ2v) is 7.56. The first-order chi connectivity index (χ1) is 16.1. The third-order valence-corrected chi connectivity index (χ3v) is 5.41. The van der Waals surface area contributed by atoms with Crippen molar-refractivity contribution in [1.82, 2.24) is 9.55 Å². The number of fused-ring (bicyclic) bond motifs is 1. The van der Waals surface area contributed by atoms with E-state index in [-0.39, 0.29) is 17.9 Å². The van der Waals surface area contributed by atoms with Crippen molar-refractivity contribution < 1.29 is 14.3 Å². The zero-order valence-corrected chi connectivity index (χ0v) is 18.6. The highest BCUT2D eigenvalue weighted by Gasteiger charge is 2.11. The normalized spacial score (nSPS) is 10.7. The zero-order valence-electron chi connectivity index (χ0n) is 18.6. The lowest BCUT2D eigenvalue weighted by Gasteiger charge is -2.11. The van der Waals surface area contributed by atoms with Gasteiger partial charge in [0.1, 0.15) is 0 Å². The Labute approximate surface area is 191 Å². The van der Waals surface area contributed by atoms with Crippen molar-refractivity contribution in [3.63, 3.8) is 0 Å². The summed E-state index contributed by atoms with van der Waals surface area (Å²) in [6, 6.07) is 21.1. The molecule has 33 heavy (non-hydrogen) atoms. The van der Waals surface area contributed by atoms with Crippen LogP contribution in [-0.2, 0) is 11.3 Å². The molecule has 168 valence electrons. The topological polar surface area (TPSA) is 82.5 Å². The standard InChI is InChI=1S/C26H25N3O4/c1-32-23-15-21-22(16-24(23)33-2)27-17-29(26(21)31)14-6-9-25(30)28-20-12-10-19(11-13-20)18-7-4-3-5-8-18/h3-5,7-8,10-13,15-17H,6,9,14H2,1-2H3,(H,28,30). The van der Waals surface area contributed by atoms with Crippen LogP contribution in [0.4, 0.5) is 5.69 Å². The van der Waals surface area contributed by atoms with Gasteiger partial charge in [0.2, 0.25) is 5.91 Å². The minimum atomic E-state index is -0.183. The van der Waals surface area contributed by atoms with Crippen LogP contribution in [0.25, 0.3) is 22.0 Å². The maximum absolute atomic E-state index is 12.8. The van der Waals surface area contributed by atoms with E-state index in [1.807, 2.05) is 54.6 Å². The first-order valence-corrected chi connectivity index (χ1v) is 10.7. The third kappa shape index (κ3) is 5.03. The number of carbonyl (C=O) groups is 1. The number of rotatable bonds is 8. The van der Waals surface area contributed by atoms with Gasteiger partial charge in [-0.25, -0.2) is 4.98 Å². The Balaban J connectivity index is 1.36. The second kappa shape index (κ2) is 9.99. The first-order valence-electron chi connectivity index (χ1n) is 10.7. The molecule has 0 spiro atoms. The summed E-state index contributed by atoms with van der Waals surface area (Å²) in [5, 5.41) is 3.35. The Morgan fingerprint density at radius 2 is 1.61 bits per heavy atom. The van der Waals surface area contributed by atoms with Crippen LogP contribution in [0.15, 0.2) is 77.9 Å². The molecule has 0 radical (unpaired) electrons. The van der Waals surface area contributed by atoms with Gasteiger partial charge in [-0.15, -0.1) is 0 Å². The molecule has 0 aliphatic carbocycles.